The van der Waals surface area contributed by atoms with Crippen LogP contribution in [-0.2, 0) is 4.74 Å². The summed E-state index contributed by atoms with van der Waals surface area (Å²) in [5.41, 5.74) is -0.216. The number of ether oxygens (including phenoxy) is 1. The second-order valence-corrected chi connectivity index (χ2v) is 5.65. The molecule has 0 aliphatic heterocycles. The summed E-state index contributed by atoms with van der Waals surface area (Å²) >= 11 is 0. The molecule has 1 saturated carbocycles. The van der Waals surface area contributed by atoms with Gasteiger partial charge < -0.3 is 14.9 Å². The van der Waals surface area contributed by atoms with Crippen molar-refractivity contribution in [2.45, 2.75) is 25.9 Å². The lowest BCUT2D eigenvalue weighted by Gasteiger charge is -2.11. The lowest BCUT2D eigenvalue weighted by Crippen LogP contribution is -2.18. The zero-order chi connectivity index (χ0) is 16.4. The van der Waals surface area contributed by atoms with E-state index in [2.05, 4.69) is 5.32 Å². The first-order valence-corrected chi connectivity index (χ1v) is 7.07. The van der Waals surface area contributed by atoms with Gasteiger partial charge in [0.2, 0.25) is 0 Å². The van der Waals surface area contributed by atoms with Crippen molar-refractivity contribution in [1.29, 1.82) is 0 Å². The number of benzene rings is 1. The van der Waals surface area contributed by atoms with Crippen molar-refractivity contribution in [2.75, 3.05) is 18.5 Å². The standard InChI is InChI=1S/C15H19F2NO4/c1-7(2)22-15(21)18-8-3-11(16)14(12(17)4-8)13-9(5-19)10(13)6-20/h3-4,7,9-10,13,19-20H,5-6H2,1-2H3,(H,18,21)/t9-,10+,13?. The first kappa shape index (κ1) is 16.6. The van der Waals surface area contributed by atoms with Crippen molar-refractivity contribution in [3.05, 3.63) is 29.3 Å². The highest BCUT2D eigenvalue weighted by molar-refractivity contribution is 5.84. The minimum atomic E-state index is -0.820. The van der Waals surface area contributed by atoms with Crippen LogP contribution in [-0.4, -0.2) is 35.6 Å². The van der Waals surface area contributed by atoms with Gasteiger partial charge in [-0.05, 0) is 37.8 Å². The number of carbonyl (C=O) groups excluding carboxylic acids is 1. The number of hydrogen-bond acceptors (Lipinski definition) is 4. The van der Waals surface area contributed by atoms with E-state index in [0.717, 1.165) is 12.1 Å². The number of halogens is 2. The van der Waals surface area contributed by atoms with E-state index < -0.39 is 23.6 Å². The first-order valence-electron chi connectivity index (χ1n) is 7.07. The van der Waals surface area contributed by atoms with Crippen molar-refractivity contribution in [1.82, 2.24) is 0 Å². The Labute approximate surface area is 126 Å². The average molecular weight is 315 g/mol. The lowest BCUT2D eigenvalue weighted by atomic mass is 10.1. The van der Waals surface area contributed by atoms with Crippen molar-refractivity contribution >= 4 is 11.8 Å². The van der Waals surface area contributed by atoms with E-state index in [0.29, 0.717) is 0 Å². The summed E-state index contributed by atoms with van der Waals surface area (Å²) in [6, 6.07) is 2.00. The van der Waals surface area contributed by atoms with Crippen molar-refractivity contribution in [3.63, 3.8) is 0 Å². The number of rotatable bonds is 5. The van der Waals surface area contributed by atoms with E-state index in [-0.39, 0.29) is 42.4 Å². The van der Waals surface area contributed by atoms with E-state index >= 15 is 0 Å². The number of carbonyl (C=O) groups is 1. The third kappa shape index (κ3) is 3.36. The fraction of sp³-hybridized carbons (Fsp3) is 0.533. The molecule has 3 N–H and O–H groups in total. The third-order valence-electron chi connectivity index (χ3n) is 3.75. The molecule has 22 heavy (non-hydrogen) atoms. The van der Waals surface area contributed by atoms with Crippen LogP contribution in [0, 0.1) is 23.5 Å². The van der Waals surface area contributed by atoms with Gasteiger partial charge in [0.15, 0.2) is 0 Å². The van der Waals surface area contributed by atoms with Gasteiger partial charge in [-0.1, -0.05) is 0 Å². The van der Waals surface area contributed by atoms with Crippen LogP contribution in [0.25, 0.3) is 0 Å². The highest BCUT2D eigenvalue weighted by Gasteiger charge is 2.52. The molecule has 0 heterocycles. The molecule has 0 bridgehead atoms. The van der Waals surface area contributed by atoms with E-state index in [1.165, 1.54) is 0 Å². The molecular weight excluding hydrogens is 296 g/mol. The second-order valence-electron chi connectivity index (χ2n) is 5.65. The fourth-order valence-electron chi connectivity index (χ4n) is 2.71. The monoisotopic (exact) mass is 315 g/mol. The normalized spacial score (nSPS) is 23.5. The largest absolute Gasteiger partial charge is 0.447 e. The number of amides is 1. The Bertz CT molecular complexity index is 531. The van der Waals surface area contributed by atoms with Gasteiger partial charge in [-0.3, -0.25) is 5.32 Å². The number of anilines is 1. The molecule has 1 fully saturated rings. The Balaban J connectivity index is 2.17. The van der Waals surface area contributed by atoms with E-state index in [1.54, 1.807) is 13.8 Å². The Morgan fingerprint density at radius 1 is 1.23 bits per heavy atom. The molecule has 5 nitrogen and oxygen atoms in total. The molecule has 2 rings (SSSR count). The number of aliphatic hydroxyl groups is 2. The van der Waals surface area contributed by atoms with Crippen LogP contribution in [0.1, 0.15) is 25.3 Å². The van der Waals surface area contributed by atoms with Crippen LogP contribution < -0.4 is 5.32 Å². The highest BCUT2D eigenvalue weighted by atomic mass is 19.1. The van der Waals surface area contributed by atoms with Crippen LogP contribution in [0.15, 0.2) is 12.1 Å². The van der Waals surface area contributed by atoms with Gasteiger partial charge in [0.25, 0.3) is 0 Å². The maximum Gasteiger partial charge on any atom is 0.411 e. The molecule has 0 saturated heterocycles. The fourth-order valence-corrected chi connectivity index (χ4v) is 2.71. The molecule has 0 radical (unpaired) electrons. The third-order valence-corrected chi connectivity index (χ3v) is 3.75. The summed E-state index contributed by atoms with van der Waals surface area (Å²) in [5.74, 6) is -2.89. The van der Waals surface area contributed by atoms with Gasteiger partial charge in [-0.15, -0.1) is 0 Å². The zero-order valence-corrected chi connectivity index (χ0v) is 12.3. The SMILES string of the molecule is CC(C)OC(=O)Nc1cc(F)c(C2[C@@H](CO)[C@H]2CO)c(F)c1. The minimum Gasteiger partial charge on any atom is -0.447 e. The molecule has 1 unspecified atom stereocenters. The van der Waals surface area contributed by atoms with Gasteiger partial charge in [-0.25, -0.2) is 13.6 Å². The molecule has 122 valence electrons. The van der Waals surface area contributed by atoms with Gasteiger partial charge in [0.05, 0.1) is 6.10 Å². The minimum absolute atomic E-state index is 0.0499. The van der Waals surface area contributed by atoms with Crippen molar-refractivity contribution in [3.8, 4) is 0 Å². The number of hydrogen-bond donors (Lipinski definition) is 3. The molecule has 1 aromatic rings. The number of nitrogens with one attached hydrogen (secondary N) is 1. The molecule has 7 heteroatoms. The molecule has 1 aromatic carbocycles. The van der Waals surface area contributed by atoms with Crippen LogP contribution in [0.5, 0.6) is 0 Å². The van der Waals surface area contributed by atoms with Gasteiger partial charge in [0.1, 0.15) is 11.6 Å². The molecular formula is C15H19F2NO4. The van der Waals surface area contributed by atoms with Crippen LogP contribution >= 0.6 is 0 Å². The maximum atomic E-state index is 14.1. The molecule has 1 aliphatic carbocycles. The van der Waals surface area contributed by atoms with E-state index in [1.807, 2.05) is 0 Å². The topological polar surface area (TPSA) is 78.8 Å². The number of aliphatic hydroxyl groups excluding tert-OH is 2. The van der Waals surface area contributed by atoms with Gasteiger partial charge in [-0.2, -0.15) is 0 Å². The molecule has 0 aromatic heterocycles. The predicted octanol–water partition coefficient (Wildman–Crippen LogP) is 2.24. The predicted molar refractivity (Wildman–Crippen MR) is 75.5 cm³/mol. The summed E-state index contributed by atoms with van der Waals surface area (Å²) in [7, 11) is 0. The lowest BCUT2D eigenvalue weighted by molar-refractivity contribution is 0.130. The van der Waals surface area contributed by atoms with Crippen LogP contribution in [0.3, 0.4) is 0 Å². The Kier molecular flexibility index (Phi) is 4.97. The summed E-state index contributed by atoms with van der Waals surface area (Å²) in [5, 5.41) is 20.5. The van der Waals surface area contributed by atoms with E-state index in [4.69, 9.17) is 14.9 Å². The Morgan fingerprint density at radius 3 is 2.14 bits per heavy atom. The summed E-state index contributed by atoms with van der Waals surface area (Å²) in [4.78, 5) is 11.4. The molecule has 0 spiro atoms. The van der Waals surface area contributed by atoms with Crippen molar-refractivity contribution < 1.29 is 28.5 Å². The van der Waals surface area contributed by atoms with Gasteiger partial charge >= 0.3 is 6.09 Å². The Hall–Kier alpha value is -1.73. The first-order chi connectivity index (χ1) is 10.4. The van der Waals surface area contributed by atoms with Gasteiger partial charge in [0, 0.05) is 30.4 Å². The Morgan fingerprint density at radius 2 is 1.73 bits per heavy atom. The smallest absolute Gasteiger partial charge is 0.411 e. The van der Waals surface area contributed by atoms with Crippen LogP contribution in [0.2, 0.25) is 0 Å². The summed E-state index contributed by atoms with van der Waals surface area (Å²) in [6.07, 6.45) is -1.15. The van der Waals surface area contributed by atoms with E-state index in [9.17, 15) is 13.6 Å². The molecule has 3 atom stereocenters. The summed E-state index contributed by atoms with van der Waals surface area (Å²) in [6.45, 7) is 2.83. The van der Waals surface area contributed by atoms with Crippen molar-refractivity contribution in [2.24, 2.45) is 11.8 Å². The highest BCUT2D eigenvalue weighted by Crippen LogP contribution is 2.54. The molecule has 1 amide bonds. The second kappa shape index (κ2) is 6.58. The zero-order valence-electron chi connectivity index (χ0n) is 12.3. The summed E-state index contributed by atoms with van der Waals surface area (Å²) < 4.78 is 33.1. The quantitative estimate of drug-likeness (QED) is 0.778. The van der Waals surface area contributed by atoms with Crippen LogP contribution in [0.4, 0.5) is 19.3 Å². The maximum absolute atomic E-state index is 14.1. The molecule has 1 aliphatic rings. The average Bonchev–Trinajstić information content (AvgIpc) is 3.09.